The predicted octanol–water partition coefficient (Wildman–Crippen LogP) is 3.03. The van der Waals surface area contributed by atoms with Crippen LogP contribution in [-0.2, 0) is 7.05 Å². The van der Waals surface area contributed by atoms with Crippen LogP contribution in [0, 0.1) is 0 Å². The maximum absolute atomic E-state index is 12.6. The Morgan fingerprint density at radius 2 is 1.74 bits per heavy atom. The molecule has 0 atom stereocenters. The van der Waals surface area contributed by atoms with Gasteiger partial charge in [-0.1, -0.05) is 18.7 Å². The average Bonchev–Trinajstić information content (AvgIpc) is 2.55. The molecule has 1 aromatic heterocycles. The SMILES string of the molecule is C=C(Nc1ccc(O)cc1)c1c(O)c2ccccc2n(C)c1=O. The monoisotopic (exact) mass is 308 g/mol. The number of para-hydroxylation sites is 1. The van der Waals surface area contributed by atoms with Crippen molar-refractivity contribution in [2.45, 2.75) is 0 Å². The van der Waals surface area contributed by atoms with Gasteiger partial charge in [-0.2, -0.15) is 0 Å². The summed E-state index contributed by atoms with van der Waals surface area (Å²) in [7, 11) is 1.65. The smallest absolute Gasteiger partial charge is 0.263 e. The number of anilines is 1. The highest BCUT2D eigenvalue weighted by atomic mass is 16.3. The van der Waals surface area contributed by atoms with Crippen molar-refractivity contribution in [2.24, 2.45) is 7.05 Å². The lowest BCUT2D eigenvalue weighted by Crippen LogP contribution is -2.22. The number of aromatic nitrogens is 1. The molecule has 2 aromatic carbocycles. The van der Waals surface area contributed by atoms with Crippen molar-refractivity contribution in [2.75, 3.05) is 5.32 Å². The topological polar surface area (TPSA) is 74.5 Å². The van der Waals surface area contributed by atoms with E-state index in [-0.39, 0.29) is 22.6 Å². The van der Waals surface area contributed by atoms with Crippen molar-refractivity contribution in [1.29, 1.82) is 0 Å². The predicted molar refractivity (Wildman–Crippen MR) is 91.6 cm³/mol. The van der Waals surface area contributed by atoms with Gasteiger partial charge in [-0.25, -0.2) is 0 Å². The van der Waals surface area contributed by atoms with Gasteiger partial charge in [0.2, 0.25) is 0 Å². The van der Waals surface area contributed by atoms with Gasteiger partial charge in [0, 0.05) is 23.8 Å². The molecule has 0 spiro atoms. The summed E-state index contributed by atoms with van der Waals surface area (Å²) >= 11 is 0. The molecule has 0 saturated carbocycles. The van der Waals surface area contributed by atoms with Gasteiger partial charge < -0.3 is 20.1 Å². The Morgan fingerprint density at radius 3 is 2.43 bits per heavy atom. The third-order valence-electron chi connectivity index (χ3n) is 3.74. The summed E-state index contributed by atoms with van der Waals surface area (Å²) in [6.07, 6.45) is 0. The lowest BCUT2D eigenvalue weighted by molar-refractivity contribution is 0.475. The molecule has 0 bridgehead atoms. The summed E-state index contributed by atoms with van der Waals surface area (Å²) in [5, 5.41) is 23.4. The van der Waals surface area contributed by atoms with Crippen molar-refractivity contribution >= 4 is 22.3 Å². The van der Waals surface area contributed by atoms with Gasteiger partial charge in [0.1, 0.15) is 17.1 Å². The van der Waals surface area contributed by atoms with Crippen molar-refractivity contribution in [1.82, 2.24) is 4.57 Å². The molecule has 0 fully saturated rings. The number of fused-ring (bicyclic) bond motifs is 1. The lowest BCUT2D eigenvalue weighted by atomic mass is 10.1. The molecule has 0 radical (unpaired) electrons. The van der Waals surface area contributed by atoms with Crippen molar-refractivity contribution in [3.63, 3.8) is 0 Å². The zero-order chi connectivity index (χ0) is 16.6. The van der Waals surface area contributed by atoms with Crippen LogP contribution in [0.1, 0.15) is 5.56 Å². The molecule has 0 saturated heterocycles. The second-order valence-corrected chi connectivity index (χ2v) is 5.26. The minimum atomic E-state index is -0.336. The van der Waals surface area contributed by atoms with Crippen LogP contribution in [0.4, 0.5) is 5.69 Å². The van der Waals surface area contributed by atoms with Crippen molar-refractivity contribution < 1.29 is 10.2 Å². The summed E-state index contributed by atoms with van der Waals surface area (Å²) in [5.41, 5.74) is 1.38. The number of hydrogen-bond donors (Lipinski definition) is 3. The lowest BCUT2D eigenvalue weighted by Gasteiger charge is -2.15. The molecule has 5 nitrogen and oxygen atoms in total. The Hall–Kier alpha value is -3.21. The number of pyridine rings is 1. The summed E-state index contributed by atoms with van der Waals surface area (Å²) in [5.74, 6) is 0.0469. The highest BCUT2D eigenvalue weighted by molar-refractivity contribution is 5.92. The van der Waals surface area contributed by atoms with Gasteiger partial charge in [-0.15, -0.1) is 0 Å². The molecule has 1 heterocycles. The number of aryl methyl sites for hydroxylation is 1. The van der Waals surface area contributed by atoms with Crippen LogP contribution >= 0.6 is 0 Å². The van der Waals surface area contributed by atoms with Crippen molar-refractivity contribution in [3.05, 3.63) is 71.0 Å². The van der Waals surface area contributed by atoms with Gasteiger partial charge in [-0.3, -0.25) is 4.79 Å². The van der Waals surface area contributed by atoms with Crippen molar-refractivity contribution in [3.8, 4) is 11.5 Å². The van der Waals surface area contributed by atoms with Crippen LogP contribution in [0.15, 0.2) is 59.9 Å². The molecular weight excluding hydrogens is 292 g/mol. The molecule has 5 heteroatoms. The Labute approximate surface area is 132 Å². The Balaban J connectivity index is 2.10. The van der Waals surface area contributed by atoms with E-state index >= 15 is 0 Å². The Morgan fingerprint density at radius 1 is 1.09 bits per heavy atom. The summed E-state index contributed by atoms with van der Waals surface area (Å²) in [6.45, 7) is 3.87. The number of nitrogens with one attached hydrogen (secondary N) is 1. The summed E-state index contributed by atoms with van der Waals surface area (Å²) < 4.78 is 1.48. The van der Waals surface area contributed by atoms with E-state index in [2.05, 4.69) is 11.9 Å². The third kappa shape index (κ3) is 2.53. The van der Waals surface area contributed by atoms with Gasteiger partial charge in [0.05, 0.1) is 5.52 Å². The van der Waals surface area contributed by atoms with E-state index in [1.807, 2.05) is 6.07 Å². The molecule has 3 aromatic rings. The van der Waals surface area contributed by atoms with E-state index in [0.29, 0.717) is 22.3 Å². The van der Waals surface area contributed by atoms with Crippen LogP contribution in [0.2, 0.25) is 0 Å². The second kappa shape index (κ2) is 5.53. The molecular formula is C18H16N2O3. The quantitative estimate of drug-likeness (QED) is 0.650. The zero-order valence-corrected chi connectivity index (χ0v) is 12.6. The van der Waals surface area contributed by atoms with E-state index in [1.54, 1.807) is 37.4 Å². The Kier molecular flexibility index (Phi) is 3.54. The molecule has 0 amide bonds. The molecule has 3 N–H and O–H groups in total. The Bertz CT molecular complexity index is 956. The molecule has 0 aliphatic rings. The number of aromatic hydroxyl groups is 2. The number of hydrogen-bond acceptors (Lipinski definition) is 4. The maximum Gasteiger partial charge on any atom is 0.263 e. The van der Waals surface area contributed by atoms with Gasteiger partial charge in [0.15, 0.2) is 0 Å². The largest absolute Gasteiger partial charge is 0.508 e. The minimum absolute atomic E-state index is 0.0972. The molecule has 0 aliphatic heterocycles. The first-order chi connectivity index (χ1) is 11.0. The van der Waals surface area contributed by atoms with E-state index in [1.165, 1.54) is 16.7 Å². The summed E-state index contributed by atoms with van der Waals surface area (Å²) in [4.78, 5) is 12.6. The van der Waals surface area contributed by atoms with Crippen LogP contribution in [0.3, 0.4) is 0 Å². The standard InChI is InChI=1S/C18H16N2O3/c1-11(19-12-7-9-13(21)10-8-12)16-17(22)14-5-3-4-6-15(14)20(2)18(16)23/h3-10,19,21-22H,1H2,2H3. The molecule has 116 valence electrons. The normalized spacial score (nSPS) is 10.7. The van der Waals surface area contributed by atoms with E-state index in [0.717, 1.165) is 0 Å². The fourth-order valence-electron chi connectivity index (χ4n) is 2.53. The maximum atomic E-state index is 12.6. The highest BCUT2D eigenvalue weighted by Gasteiger charge is 2.17. The van der Waals surface area contributed by atoms with Crippen LogP contribution in [0.25, 0.3) is 16.6 Å². The highest BCUT2D eigenvalue weighted by Crippen LogP contribution is 2.30. The van der Waals surface area contributed by atoms with Crippen LogP contribution < -0.4 is 10.9 Å². The number of phenolic OH excluding ortho intramolecular Hbond substituents is 1. The van der Waals surface area contributed by atoms with Gasteiger partial charge >= 0.3 is 0 Å². The first-order valence-electron chi connectivity index (χ1n) is 7.05. The fourth-order valence-corrected chi connectivity index (χ4v) is 2.53. The molecule has 0 unspecified atom stereocenters. The van der Waals surface area contributed by atoms with Gasteiger partial charge in [0.25, 0.3) is 5.56 Å². The molecule has 0 aliphatic carbocycles. The second-order valence-electron chi connectivity index (χ2n) is 5.26. The first-order valence-corrected chi connectivity index (χ1v) is 7.05. The van der Waals surface area contributed by atoms with E-state index in [9.17, 15) is 15.0 Å². The van der Waals surface area contributed by atoms with Crippen LogP contribution in [0.5, 0.6) is 11.5 Å². The minimum Gasteiger partial charge on any atom is -0.508 e. The number of nitrogens with zero attached hydrogens (tertiary/aromatic N) is 1. The zero-order valence-electron chi connectivity index (χ0n) is 12.6. The average molecular weight is 308 g/mol. The number of benzene rings is 2. The first kappa shape index (κ1) is 14.7. The molecule has 23 heavy (non-hydrogen) atoms. The van der Waals surface area contributed by atoms with E-state index in [4.69, 9.17) is 0 Å². The number of phenols is 1. The van der Waals surface area contributed by atoms with E-state index < -0.39 is 0 Å². The number of rotatable bonds is 3. The fraction of sp³-hybridized carbons (Fsp3) is 0.0556. The van der Waals surface area contributed by atoms with Gasteiger partial charge in [-0.05, 0) is 36.4 Å². The van der Waals surface area contributed by atoms with Crippen LogP contribution in [-0.4, -0.2) is 14.8 Å². The third-order valence-corrected chi connectivity index (χ3v) is 3.74. The summed E-state index contributed by atoms with van der Waals surface area (Å²) in [6, 6.07) is 13.5. The molecule has 3 rings (SSSR count).